The molecule has 2 rings (SSSR count). The van der Waals surface area contributed by atoms with Crippen molar-refractivity contribution in [2.75, 3.05) is 5.32 Å². The van der Waals surface area contributed by atoms with Crippen LogP contribution in [0.5, 0.6) is 0 Å². The number of nitrogens with zero attached hydrogens (tertiary/aromatic N) is 1. The summed E-state index contributed by atoms with van der Waals surface area (Å²) in [5.74, 6) is -0.201. The average molecular weight is 309 g/mol. The van der Waals surface area contributed by atoms with Crippen molar-refractivity contribution in [3.63, 3.8) is 0 Å². The molecule has 1 saturated carbocycles. The van der Waals surface area contributed by atoms with Gasteiger partial charge in [0.2, 0.25) is 5.91 Å². The van der Waals surface area contributed by atoms with Crippen molar-refractivity contribution in [3.8, 4) is 0 Å². The molecule has 1 fully saturated rings. The lowest BCUT2D eigenvalue weighted by molar-refractivity contribution is -0.114. The van der Waals surface area contributed by atoms with Crippen molar-refractivity contribution in [1.29, 1.82) is 0 Å². The molecule has 0 saturated heterocycles. The smallest absolute Gasteiger partial charge is 0.276 e. The zero-order valence-corrected chi connectivity index (χ0v) is 12.7. The van der Waals surface area contributed by atoms with E-state index in [1.54, 1.807) is 12.1 Å². The van der Waals surface area contributed by atoms with Crippen molar-refractivity contribution >= 4 is 27.3 Å². The van der Waals surface area contributed by atoms with Gasteiger partial charge in [-0.2, -0.15) is 13.5 Å². The Balaban J connectivity index is 2.06. The lowest BCUT2D eigenvalue weighted by Crippen LogP contribution is -2.21. The van der Waals surface area contributed by atoms with E-state index in [-0.39, 0.29) is 10.8 Å². The number of benzene rings is 1. The number of hydrazone groups is 1. The highest BCUT2D eigenvalue weighted by molar-refractivity contribution is 7.89. The molecule has 0 radical (unpaired) electrons. The number of anilines is 1. The fourth-order valence-corrected chi connectivity index (χ4v) is 3.02. The van der Waals surface area contributed by atoms with E-state index in [0.717, 1.165) is 31.4 Å². The summed E-state index contributed by atoms with van der Waals surface area (Å²) in [7, 11) is -3.66. The Labute approximate surface area is 124 Å². The predicted octanol–water partition coefficient (Wildman–Crippen LogP) is 2.24. The first-order chi connectivity index (χ1) is 9.97. The van der Waals surface area contributed by atoms with Crippen molar-refractivity contribution in [1.82, 2.24) is 4.83 Å². The van der Waals surface area contributed by atoms with Crippen molar-refractivity contribution in [2.45, 2.75) is 43.9 Å². The van der Waals surface area contributed by atoms with Crippen LogP contribution in [-0.4, -0.2) is 20.0 Å². The molecule has 0 aliphatic heterocycles. The Bertz CT molecular complexity index is 628. The summed E-state index contributed by atoms with van der Waals surface area (Å²) in [5, 5.41) is 6.60. The van der Waals surface area contributed by atoms with Gasteiger partial charge < -0.3 is 5.32 Å². The fourth-order valence-electron chi connectivity index (χ4n) is 2.17. The van der Waals surface area contributed by atoms with E-state index in [1.807, 2.05) is 0 Å². The number of hydrogen-bond acceptors (Lipinski definition) is 4. The minimum absolute atomic E-state index is 0.122. The molecule has 6 nitrogen and oxygen atoms in total. The molecule has 1 aliphatic carbocycles. The maximum absolute atomic E-state index is 12.1. The lowest BCUT2D eigenvalue weighted by atomic mass is 9.99. The van der Waals surface area contributed by atoms with E-state index in [2.05, 4.69) is 15.2 Å². The molecule has 114 valence electrons. The second kappa shape index (κ2) is 6.71. The molecule has 0 heterocycles. The quantitative estimate of drug-likeness (QED) is 0.836. The molecule has 0 unspecified atom stereocenters. The molecule has 0 bridgehead atoms. The molecule has 1 aliphatic rings. The van der Waals surface area contributed by atoms with Gasteiger partial charge in [-0.25, -0.2) is 4.83 Å². The summed E-state index contributed by atoms with van der Waals surface area (Å²) < 4.78 is 24.2. The normalized spacial score (nSPS) is 15.4. The highest BCUT2D eigenvalue weighted by Gasteiger charge is 2.14. The number of rotatable bonds is 4. The van der Waals surface area contributed by atoms with E-state index >= 15 is 0 Å². The molecule has 0 aromatic heterocycles. The first-order valence-electron chi connectivity index (χ1n) is 6.92. The van der Waals surface area contributed by atoms with E-state index in [1.165, 1.54) is 25.5 Å². The Kier molecular flexibility index (Phi) is 4.95. The van der Waals surface area contributed by atoms with E-state index in [9.17, 15) is 13.2 Å². The number of carbonyl (C=O) groups excluding carboxylic acids is 1. The van der Waals surface area contributed by atoms with Gasteiger partial charge in [-0.3, -0.25) is 4.79 Å². The SMILES string of the molecule is CC(=O)Nc1ccc(S(=O)(=O)NN=C2CCCCC2)cc1. The van der Waals surface area contributed by atoms with Gasteiger partial charge in [0.15, 0.2) is 0 Å². The van der Waals surface area contributed by atoms with Crippen LogP contribution in [0.15, 0.2) is 34.3 Å². The molecule has 0 spiro atoms. The van der Waals surface area contributed by atoms with Crippen molar-refractivity contribution in [2.24, 2.45) is 5.10 Å². The third-order valence-corrected chi connectivity index (χ3v) is 4.46. The molecule has 1 amide bonds. The third kappa shape index (κ3) is 4.56. The minimum Gasteiger partial charge on any atom is -0.326 e. The topological polar surface area (TPSA) is 87.6 Å². The lowest BCUT2D eigenvalue weighted by Gasteiger charge is -2.12. The van der Waals surface area contributed by atoms with Crippen LogP contribution in [0.1, 0.15) is 39.0 Å². The number of nitrogens with one attached hydrogen (secondary N) is 2. The van der Waals surface area contributed by atoms with E-state index in [4.69, 9.17) is 0 Å². The molecular weight excluding hydrogens is 290 g/mol. The summed E-state index contributed by atoms with van der Waals surface area (Å²) in [4.78, 5) is 13.3. The van der Waals surface area contributed by atoms with Gasteiger partial charge in [0.1, 0.15) is 0 Å². The Morgan fingerprint density at radius 2 is 1.71 bits per heavy atom. The summed E-state index contributed by atoms with van der Waals surface area (Å²) in [6, 6.07) is 5.97. The first kappa shape index (κ1) is 15.5. The van der Waals surface area contributed by atoms with Crippen molar-refractivity contribution < 1.29 is 13.2 Å². The molecule has 2 N–H and O–H groups in total. The summed E-state index contributed by atoms with van der Waals surface area (Å²) >= 11 is 0. The van der Waals surface area contributed by atoms with Crippen molar-refractivity contribution in [3.05, 3.63) is 24.3 Å². The number of carbonyl (C=O) groups is 1. The number of hydrogen-bond donors (Lipinski definition) is 2. The van der Waals surface area contributed by atoms with Crippen LogP contribution >= 0.6 is 0 Å². The Hall–Kier alpha value is -1.89. The van der Waals surface area contributed by atoms with Gasteiger partial charge in [-0.15, -0.1) is 0 Å². The van der Waals surface area contributed by atoms with Gasteiger partial charge in [0.25, 0.3) is 10.0 Å². The van der Waals surface area contributed by atoms with E-state index < -0.39 is 10.0 Å². The average Bonchev–Trinajstić information content (AvgIpc) is 2.46. The van der Waals surface area contributed by atoms with Gasteiger partial charge in [0, 0.05) is 18.3 Å². The van der Waals surface area contributed by atoms with Crippen LogP contribution in [0.25, 0.3) is 0 Å². The summed E-state index contributed by atoms with van der Waals surface area (Å²) in [6.07, 6.45) is 5.00. The molecular formula is C14H19N3O3S. The monoisotopic (exact) mass is 309 g/mol. The maximum Gasteiger partial charge on any atom is 0.276 e. The third-order valence-electron chi connectivity index (χ3n) is 3.24. The largest absolute Gasteiger partial charge is 0.326 e. The number of sulfonamides is 1. The number of amides is 1. The molecule has 0 atom stereocenters. The standard InChI is InChI=1S/C14H19N3O3S/c1-11(18)15-12-7-9-14(10-8-12)21(19,20)17-16-13-5-3-2-4-6-13/h7-10,17H,2-6H2,1H3,(H,15,18). The summed E-state index contributed by atoms with van der Waals surface area (Å²) in [5.41, 5.74) is 1.46. The Morgan fingerprint density at radius 1 is 1.10 bits per heavy atom. The predicted molar refractivity (Wildman–Crippen MR) is 81.6 cm³/mol. The van der Waals surface area contributed by atoms with Crippen LogP contribution in [0.4, 0.5) is 5.69 Å². The molecule has 1 aromatic carbocycles. The Morgan fingerprint density at radius 3 is 2.29 bits per heavy atom. The highest BCUT2D eigenvalue weighted by Crippen LogP contribution is 2.16. The minimum atomic E-state index is -3.66. The molecule has 1 aromatic rings. The van der Waals surface area contributed by atoms with E-state index in [0.29, 0.717) is 5.69 Å². The zero-order chi connectivity index (χ0) is 15.3. The van der Waals surface area contributed by atoms with Crippen LogP contribution in [0.2, 0.25) is 0 Å². The molecule has 21 heavy (non-hydrogen) atoms. The fraction of sp³-hybridized carbons (Fsp3) is 0.429. The van der Waals surface area contributed by atoms with Crippen LogP contribution in [0.3, 0.4) is 0 Å². The second-order valence-electron chi connectivity index (χ2n) is 5.04. The second-order valence-corrected chi connectivity index (χ2v) is 6.70. The highest BCUT2D eigenvalue weighted by atomic mass is 32.2. The maximum atomic E-state index is 12.1. The van der Waals surface area contributed by atoms with Gasteiger partial charge in [-0.1, -0.05) is 6.42 Å². The summed E-state index contributed by atoms with van der Waals surface area (Å²) in [6.45, 7) is 1.40. The zero-order valence-electron chi connectivity index (χ0n) is 11.9. The molecule has 7 heteroatoms. The first-order valence-corrected chi connectivity index (χ1v) is 8.40. The van der Waals surface area contributed by atoms with Crippen LogP contribution in [0, 0.1) is 0 Å². The van der Waals surface area contributed by atoms with Crippen LogP contribution < -0.4 is 10.1 Å². The van der Waals surface area contributed by atoms with Crippen LogP contribution in [-0.2, 0) is 14.8 Å². The van der Waals surface area contributed by atoms with Gasteiger partial charge in [0.05, 0.1) is 4.90 Å². The van der Waals surface area contributed by atoms with Gasteiger partial charge in [-0.05, 0) is 49.9 Å². The van der Waals surface area contributed by atoms with Gasteiger partial charge >= 0.3 is 0 Å².